The van der Waals surface area contributed by atoms with Crippen LogP contribution in [0, 0.1) is 12.8 Å². The summed E-state index contributed by atoms with van der Waals surface area (Å²) in [6.45, 7) is 6.11. The number of anilines is 1. The number of benzene rings is 2. The SMILES string of the molecule is CCOC(=O)c1ccc(NC(=O)C2CCCN(Cc3nc(-c4ccccc4C)no3)C2)cc1. The van der Waals surface area contributed by atoms with Crippen molar-refractivity contribution in [1.29, 1.82) is 0 Å². The molecule has 1 aliphatic rings. The van der Waals surface area contributed by atoms with E-state index in [-0.39, 0.29) is 17.8 Å². The van der Waals surface area contributed by atoms with Crippen molar-refractivity contribution in [3.63, 3.8) is 0 Å². The molecule has 2 heterocycles. The number of aromatic nitrogens is 2. The topological polar surface area (TPSA) is 97.6 Å². The van der Waals surface area contributed by atoms with E-state index in [0.717, 1.165) is 30.5 Å². The maximum absolute atomic E-state index is 12.8. The predicted octanol–water partition coefficient (Wildman–Crippen LogP) is 4.07. The Labute approximate surface area is 192 Å². The summed E-state index contributed by atoms with van der Waals surface area (Å²) >= 11 is 0. The lowest BCUT2D eigenvalue weighted by Gasteiger charge is -2.30. The normalized spacial score (nSPS) is 16.4. The van der Waals surface area contributed by atoms with Gasteiger partial charge in [0.25, 0.3) is 0 Å². The summed E-state index contributed by atoms with van der Waals surface area (Å²) in [5, 5.41) is 7.09. The summed E-state index contributed by atoms with van der Waals surface area (Å²) in [4.78, 5) is 31.3. The van der Waals surface area contributed by atoms with Gasteiger partial charge in [-0.05, 0) is 63.1 Å². The van der Waals surface area contributed by atoms with Gasteiger partial charge in [-0.1, -0.05) is 29.4 Å². The highest BCUT2D eigenvalue weighted by Crippen LogP contribution is 2.23. The fourth-order valence-corrected chi connectivity index (χ4v) is 4.01. The minimum atomic E-state index is -0.370. The molecule has 8 heteroatoms. The van der Waals surface area contributed by atoms with Crippen LogP contribution in [0.5, 0.6) is 0 Å². The van der Waals surface area contributed by atoms with E-state index >= 15 is 0 Å². The van der Waals surface area contributed by atoms with Gasteiger partial charge in [0.15, 0.2) is 0 Å². The molecule has 1 N–H and O–H groups in total. The first-order chi connectivity index (χ1) is 16.0. The van der Waals surface area contributed by atoms with E-state index in [4.69, 9.17) is 9.26 Å². The first-order valence-electron chi connectivity index (χ1n) is 11.2. The molecule has 0 radical (unpaired) electrons. The zero-order chi connectivity index (χ0) is 23.2. The number of amides is 1. The summed E-state index contributed by atoms with van der Waals surface area (Å²) in [5.41, 5.74) is 3.17. The third kappa shape index (κ3) is 5.64. The standard InChI is InChI=1S/C25H28N4O4/c1-3-32-25(31)18-10-12-20(13-11-18)26-24(30)19-8-6-14-29(15-19)16-22-27-23(28-33-22)21-9-5-4-7-17(21)2/h4-5,7,9-13,19H,3,6,8,14-16H2,1-2H3,(H,26,30). The number of hydrogen-bond donors (Lipinski definition) is 1. The number of ether oxygens (including phenoxy) is 1. The minimum Gasteiger partial charge on any atom is -0.462 e. The van der Waals surface area contributed by atoms with Crippen molar-refractivity contribution in [3.8, 4) is 11.4 Å². The number of nitrogens with zero attached hydrogens (tertiary/aromatic N) is 3. The van der Waals surface area contributed by atoms with E-state index in [1.54, 1.807) is 31.2 Å². The molecule has 1 aliphatic heterocycles. The molecular formula is C25H28N4O4. The molecule has 1 saturated heterocycles. The van der Waals surface area contributed by atoms with Gasteiger partial charge in [0.05, 0.1) is 24.6 Å². The van der Waals surface area contributed by atoms with Crippen LogP contribution in [-0.2, 0) is 16.1 Å². The smallest absolute Gasteiger partial charge is 0.338 e. The number of esters is 1. The Morgan fingerprint density at radius 3 is 2.73 bits per heavy atom. The van der Waals surface area contributed by atoms with Crippen molar-refractivity contribution in [2.45, 2.75) is 33.2 Å². The predicted molar refractivity (Wildman–Crippen MR) is 124 cm³/mol. The molecule has 0 saturated carbocycles. The highest BCUT2D eigenvalue weighted by atomic mass is 16.5. The molecule has 2 aromatic carbocycles. The second-order valence-corrected chi connectivity index (χ2v) is 8.19. The van der Waals surface area contributed by atoms with E-state index in [2.05, 4.69) is 20.4 Å². The van der Waals surface area contributed by atoms with Crippen molar-refractivity contribution < 1.29 is 18.8 Å². The Bertz CT molecular complexity index is 1110. The molecule has 1 atom stereocenters. The molecule has 0 bridgehead atoms. The van der Waals surface area contributed by atoms with Crippen molar-refractivity contribution in [3.05, 3.63) is 65.5 Å². The first kappa shape index (κ1) is 22.7. The summed E-state index contributed by atoms with van der Waals surface area (Å²) in [6.07, 6.45) is 1.74. The van der Waals surface area contributed by atoms with Crippen molar-refractivity contribution >= 4 is 17.6 Å². The molecular weight excluding hydrogens is 420 g/mol. The molecule has 1 unspecified atom stereocenters. The van der Waals surface area contributed by atoms with Gasteiger partial charge in [-0.25, -0.2) is 4.79 Å². The summed E-state index contributed by atoms with van der Waals surface area (Å²) in [6, 6.07) is 14.7. The number of rotatable bonds is 7. The number of carbonyl (C=O) groups excluding carboxylic acids is 2. The van der Waals surface area contributed by atoms with Crippen LogP contribution >= 0.6 is 0 Å². The molecule has 8 nitrogen and oxygen atoms in total. The highest BCUT2D eigenvalue weighted by molar-refractivity contribution is 5.94. The van der Waals surface area contributed by atoms with Gasteiger partial charge < -0.3 is 14.6 Å². The maximum atomic E-state index is 12.8. The third-order valence-electron chi connectivity index (χ3n) is 5.75. The van der Waals surface area contributed by atoms with Crippen molar-refractivity contribution in [1.82, 2.24) is 15.0 Å². The molecule has 4 rings (SSSR count). The number of hydrogen-bond acceptors (Lipinski definition) is 7. The number of carbonyl (C=O) groups is 2. The van der Waals surface area contributed by atoms with E-state index < -0.39 is 0 Å². The molecule has 0 aliphatic carbocycles. The van der Waals surface area contributed by atoms with Gasteiger partial charge in [0.2, 0.25) is 17.6 Å². The zero-order valence-corrected chi connectivity index (χ0v) is 18.9. The van der Waals surface area contributed by atoms with Gasteiger partial charge in [0.1, 0.15) is 0 Å². The first-order valence-corrected chi connectivity index (χ1v) is 11.2. The van der Waals surface area contributed by atoms with Crippen LogP contribution in [0.1, 0.15) is 41.6 Å². The van der Waals surface area contributed by atoms with E-state index in [1.807, 2.05) is 31.2 Å². The Morgan fingerprint density at radius 2 is 1.97 bits per heavy atom. The Balaban J connectivity index is 1.33. The van der Waals surface area contributed by atoms with Crippen LogP contribution in [0.4, 0.5) is 5.69 Å². The van der Waals surface area contributed by atoms with Crippen molar-refractivity contribution in [2.75, 3.05) is 25.0 Å². The number of piperidine rings is 1. The summed E-state index contributed by atoms with van der Waals surface area (Å²) in [5.74, 6) is 0.589. The zero-order valence-electron chi connectivity index (χ0n) is 18.9. The molecule has 1 aromatic heterocycles. The van der Waals surface area contributed by atoms with Crippen LogP contribution in [0.15, 0.2) is 53.1 Å². The van der Waals surface area contributed by atoms with Crippen LogP contribution in [0.3, 0.4) is 0 Å². The quantitative estimate of drug-likeness (QED) is 0.544. The highest BCUT2D eigenvalue weighted by Gasteiger charge is 2.27. The van der Waals surface area contributed by atoms with E-state index in [0.29, 0.717) is 42.7 Å². The summed E-state index contributed by atoms with van der Waals surface area (Å²) in [7, 11) is 0. The lowest BCUT2D eigenvalue weighted by Crippen LogP contribution is -2.40. The maximum Gasteiger partial charge on any atom is 0.338 e. The fraction of sp³-hybridized carbons (Fsp3) is 0.360. The fourth-order valence-electron chi connectivity index (χ4n) is 4.01. The third-order valence-corrected chi connectivity index (χ3v) is 5.75. The van der Waals surface area contributed by atoms with Crippen LogP contribution in [-0.4, -0.2) is 46.6 Å². The monoisotopic (exact) mass is 448 g/mol. The number of likely N-dealkylation sites (tertiary alicyclic amines) is 1. The molecule has 1 amide bonds. The minimum absolute atomic E-state index is 0.0327. The average Bonchev–Trinajstić information content (AvgIpc) is 3.28. The van der Waals surface area contributed by atoms with Crippen LogP contribution in [0.2, 0.25) is 0 Å². The molecule has 0 spiro atoms. The van der Waals surface area contributed by atoms with E-state index in [9.17, 15) is 9.59 Å². The van der Waals surface area contributed by atoms with Crippen LogP contribution in [0.25, 0.3) is 11.4 Å². The van der Waals surface area contributed by atoms with Gasteiger partial charge in [0, 0.05) is 17.8 Å². The molecule has 172 valence electrons. The lowest BCUT2D eigenvalue weighted by atomic mass is 9.97. The number of aryl methyl sites for hydroxylation is 1. The van der Waals surface area contributed by atoms with Gasteiger partial charge in [-0.3, -0.25) is 9.69 Å². The molecule has 1 fully saturated rings. The second-order valence-electron chi connectivity index (χ2n) is 8.19. The summed E-state index contributed by atoms with van der Waals surface area (Å²) < 4.78 is 10.5. The lowest BCUT2D eigenvalue weighted by molar-refractivity contribution is -0.121. The van der Waals surface area contributed by atoms with Gasteiger partial charge in [-0.15, -0.1) is 0 Å². The van der Waals surface area contributed by atoms with Crippen molar-refractivity contribution in [2.24, 2.45) is 5.92 Å². The van der Waals surface area contributed by atoms with Gasteiger partial charge in [-0.2, -0.15) is 4.98 Å². The molecule has 3 aromatic rings. The Hall–Kier alpha value is -3.52. The van der Waals surface area contributed by atoms with Gasteiger partial charge >= 0.3 is 5.97 Å². The second kappa shape index (κ2) is 10.4. The largest absolute Gasteiger partial charge is 0.462 e. The van der Waals surface area contributed by atoms with E-state index in [1.165, 1.54) is 0 Å². The van der Waals surface area contributed by atoms with Crippen LogP contribution < -0.4 is 5.32 Å². The Morgan fingerprint density at radius 1 is 1.18 bits per heavy atom. The Kier molecular flexibility index (Phi) is 7.14. The number of nitrogens with one attached hydrogen (secondary N) is 1. The molecule has 33 heavy (non-hydrogen) atoms. The average molecular weight is 449 g/mol.